The van der Waals surface area contributed by atoms with Gasteiger partial charge in [0.15, 0.2) is 5.69 Å². The Bertz CT molecular complexity index is 950. The van der Waals surface area contributed by atoms with Crippen LogP contribution in [-0.2, 0) is 11.0 Å². The summed E-state index contributed by atoms with van der Waals surface area (Å²) < 4.78 is 75.9. The third-order valence-corrected chi connectivity index (χ3v) is 3.72. The molecule has 0 aliphatic carbocycles. The average Bonchev–Trinajstić information content (AvgIpc) is 2.63. The fourth-order valence-corrected chi connectivity index (χ4v) is 2.53. The van der Waals surface area contributed by atoms with Gasteiger partial charge in [0.1, 0.15) is 11.4 Å². The van der Waals surface area contributed by atoms with Gasteiger partial charge in [-0.1, -0.05) is 28.4 Å². The number of pyridine rings is 2. The van der Waals surface area contributed by atoms with Gasteiger partial charge in [0, 0.05) is 12.4 Å². The third-order valence-electron chi connectivity index (χ3n) is 3.22. The number of rotatable bonds is 6. The number of amides is 1. The minimum Gasteiger partial charge on any atom is -0.386 e. The van der Waals surface area contributed by atoms with Crippen LogP contribution in [0.2, 0.25) is 10.0 Å². The molecule has 0 fully saturated rings. The highest BCUT2D eigenvalue weighted by Gasteiger charge is 2.37. The number of nitrogens with one attached hydrogen (secondary N) is 1. The Balaban J connectivity index is 2.27. The zero-order valence-electron chi connectivity index (χ0n) is 14.5. The number of aromatic nitrogens is 2. The third kappa shape index (κ3) is 6.73. The first-order valence-corrected chi connectivity index (χ1v) is 8.51. The smallest absolute Gasteiger partial charge is 0.386 e. The molecule has 0 radical (unpaired) electrons. The predicted octanol–water partition coefficient (Wildman–Crippen LogP) is 4.52. The molecule has 14 heteroatoms. The summed E-state index contributed by atoms with van der Waals surface area (Å²) in [7, 11) is 0. The van der Waals surface area contributed by atoms with Gasteiger partial charge in [0.25, 0.3) is 5.91 Å². The number of halogens is 8. The van der Waals surface area contributed by atoms with Crippen molar-refractivity contribution in [1.82, 2.24) is 15.3 Å². The van der Waals surface area contributed by atoms with Crippen LogP contribution in [0, 0.1) is 0 Å². The van der Waals surface area contributed by atoms with Gasteiger partial charge in [-0.15, -0.1) is 0 Å². The Kier molecular flexibility index (Phi) is 7.48. The molecule has 0 atom stereocenters. The molecule has 1 amide bonds. The summed E-state index contributed by atoms with van der Waals surface area (Å²) in [5, 5.41) is 5.33. The van der Waals surface area contributed by atoms with Crippen LogP contribution in [-0.4, -0.2) is 40.9 Å². The molecule has 2 heterocycles. The van der Waals surface area contributed by atoms with Crippen LogP contribution in [0.4, 0.5) is 26.3 Å². The summed E-state index contributed by atoms with van der Waals surface area (Å²) in [6, 6.07) is 3.20. The first-order chi connectivity index (χ1) is 13.9. The van der Waals surface area contributed by atoms with Gasteiger partial charge >= 0.3 is 12.4 Å². The summed E-state index contributed by atoms with van der Waals surface area (Å²) in [4.78, 5) is 23.4. The topological polar surface area (TPSA) is 76.5 Å². The van der Waals surface area contributed by atoms with E-state index in [9.17, 15) is 31.1 Å². The van der Waals surface area contributed by atoms with Crippen LogP contribution in [0.15, 0.2) is 35.7 Å². The molecule has 2 aromatic rings. The molecule has 30 heavy (non-hydrogen) atoms. The first-order valence-electron chi connectivity index (χ1n) is 7.76. The quantitative estimate of drug-likeness (QED) is 0.379. The molecule has 0 saturated carbocycles. The molecule has 0 aliphatic rings. The summed E-state index contributed by atoms with van der Waals surface area (Å²) in [6.07, 6.45) is -7.64. The van der Waals surface area contributed by atoms with E-state index in [0.29, 0.717) is 0 Å². The Morgan fingerprint density at radius 2 is 1.87 bits per heavy atom. The molecule has 0 unspecified atom stereocenters. The van der Waals surface area contributed by atoms with E-state index in [2.05, 4.69) is 25.3 Å². The van der Waals surface area contributed by atoms with E-state index in [1.165, 1.54) is 6.07 Å². The minimum absolute atomic E-state index is 0.105. The van der Waals surface area contributed by atoms with Crippen LogP contribution in [0.25, 0.3) is 0 Å². The van der Waals surface area contributed by atoms with Gasteiger partial charge in [-0.2, -0.15) is 26.3 Å². The lowest BCUT2D eigenvalue weighted by Crippen LogP contribution is -2.32. The number of oxime groups is 1. The van der Waals surface area contributed by atoms with Gasteiger partial charge in [-0.25, -0.2) is 0 Å². The van der Waals surface area contributed by atoms with Crippen molar-refractivity contribution in [2.75, 3.05) is 13.2 Å². The standard InChI is InChI=1S/C16H10Cl2F6N4O2/c17-8-4-10(18)12(26-5-8)11(28-30-7-15(19,20)21)6-27-14(29)9-2-1-3-25-13(9)16(22,23)24/h1-5H,6-7H2,(H,27,29). The van der Waals surface area contributed by atoms with Crippen LogP contribution >= 0.6 is 23.2 Å². The molecular formula is C16H10Cl2F6N4O2. The van der Waals surface area contributed by atoms with Crippen molar-refractivity contribution >= 4 is 34.8 Å². The van der Waals surface area contributed by atoms with Gasteiger partial charge in [-0.05, 0) is 18.2 Å². The van der Waals surface area contributed by atoms with Crippen molar-refractivity contribution in [3.8, 4) is 0 Å². The Hall–Kier alpha value is -2.60. The molecule has 2 rings (SSSR count). The van der Waals surface area contributed by atoms with Crippen molar-refractivity contribution in [3.63, 3.8) is 0 Å². The molecule has 162 valence electrons. The first kappa shape index (κ1) is 23.7. The number of alkyl halides is 6. The second-order valence-corrected chi connectivity index (χ2v) is 6.33. The normalized spacial score (nSPS) is 12.6. The van der Waals surface area contributed by atoms with Crippen LogP contribution in [0.3, 0.4) is 0 Å². The van der Waals surface area contributed by atoms with E-state index in [0.717, 1.165) is 24.5 Å². The Morgan fingerprint density at radius 3 is 2.47 bits per heavy atom. The van der Waals surface area contributed by atoms with Crippen molar-refractivity contribution in [2.24, 2.45) is 5.16 Å². The average molecular weight is 475 g/mol. The second-order valence-electron chi connectivity index (χ2n) is 5.49. The SMILES string of the molecule is O=C(NCC(=NOCC(F)(F)F)c1ncc(Cl)cc1Cl)c1cccnc1C(F)(F)F. The molecular weight excluding hydrogens is 465 g/mol. The van der Waals surface area contributed by atoms with Crippen molar-refractivity contribution < 1.29 is 36.0 Å². The zero-order valence-corrected chi connectivity index (χ0v) is 16.0. The number of hydrogen-bond donors (Lipinski definition) is 1. The van der Waals surface area contributed by atoms with Gasteiger partial charge < -0.3 is 10.2 Å². The fraction of sp³-hybridized carbons (Fsp3) is 0.250. The predicted molar refractivity (Wildman–Crippen MR) is 94.4 cm³/mol. The Labute approximate surface area is 174 Å². The lowest BCUT2D eigenvalue weighted by Gasteiger charge is -2.13. The largest absolute Gasteiger partial charge is 0.434 e. The number of hydrogen-bond acceptors (Lipinski definition) is 5. The highest BCUT2D eigenvalue weighted by atomic mass is 35.5. The number of carbonyl (C=O) groups excluding carboxylic acids is 1. The monoisotopic (exact) mass is 474 g/mol. The van der Waals surface area contributed by atoms with Crippen LogP contribution in [0.5, 0.6) is 0 Å². The summed E-state index contributed by atoms with van der Waals surface area (Å²) in [6.45, 7) is -2.41. The summed E-state index contributed by atoms with van der Waals surface area (Å²) in [5.74, 6) is -1.20. The Morgan fingerprint density at radius 1 is 1.17 bits per heavy atom. The van der Waals surface area contributed by atoms with E-state index in [1.807, 2.05) is 0 Å². The van der Waals surface area contributed by atoms with Gasteiger partial charge in [0.2, 0.25) is 6.61 Å². The van der Waals surface area contributed by atoms with E-state index < -0.39 is 42.7 Å². The molecule has 6 nitrogen and oxygen atoms in total. The molecule has 0 aliphatic heterocycles. The minimum atomic E-state index is -4.90. The molecule has 0 spiro atoms. The molecule has 0 aromatic carbocycles. The van der Waals surface area contributed by atoms with E-state index in [1.54, 1.807) is 0 Å². The van der Waals surface area contributed by atoms with Crippen molar-refractivity contribution in [2.45, 2.75) is 12.4 Å². The lowest BCUT2D eigenvalue weighted by molar-refractivity contribution is -0.173. The van der Waals surface area contributed by atoms with Crippen molar-refractivity contribution in [1.29, 1.82) is 0 Å². The maximum absolute atomic E-state index is 13.0. The second kappa shape index (κ2) is 9.47. The van der Waals surface area contributed by atoms with E-state index >= 15 is 0 Å². The summed E-state index contributed by atoms with van der Waals surface area (Å²) >= 11 is 11.6. The molecule has 0 saturated heterocycles. The highest BCUT2D eigenvalue weighted by Crippen LogP contribution is 2.30. The number of carbonyl (C=O) groups is 1. The number of nitrogens with zero attached hydrogens (tertiary/aromatic N) is 3. The molecule has 1 N–H and O–H groups in total. The van der Waals surface area contributed by atoms with E-state index in [-0.39, 0.29) is 21.5 Å². The molecule has 2 aromatic heterocycles. The van der Waals surface area contributed by atoms with Gasteiger partial charge in [-0.3, -0.25) is 14.8 Å². The molecule has 0 bridgehead atoms. The maximum atomic E-state index is 13.0. The fourth-order valence-electron chi connectivity index (χ4n) is 2.04. The summed E-state index contributed by atoms with van der Waals surface area (Å²) in [5.41, 5.74) is -2.80. The van der Waals surface area contributed by atoms with Gasteiger partial charge in [0.05, 0.1) is 22.2 Å². The zero-order chi connectivity index (χ0) is 22.5. The highest BCUT2D eigenvalue weighted by molar-refractivity contribution is 6.36. The van der Waals surface area contributed by atoms with Crippen molar-refractivity contribution in [3.05, 3.63) is 57.6 Å². The van der Waals surface area contributed by atoms with E-state index in [4.69, 9.17) is 23.2 Å². The maximum Gasteiger partial charge on any atom is 0.434 e. The lowest BCUT2D eigenvalue weighted by atomic mass is 10.1. The van der Waals surface area contributed by atoms with Crippen LogP contribution < -0.4 is 5.32 Å². The van der Waals surface area contributed by atoms with Crippen LogP contribution in [0.1, 0.15) is 21.7 Å².